The van der Waals surface area contributed by atoms with Crippen LogP contribution < -0.4 is 5.32 Å². The number of nitrogens with one attached hydrogen (secondary N) is 1. The molecule has 0 aromatic rings. The molecular weight excluding hydrogens is 250 g/mol. The Labute approximate surface area is 111 Å². The molecule has 2 N–H and O–H groups in total. The SMILES string of the molecule is CCC(CCO)CNC1CCCC(S(C)(=O)=O)C1. The van der Waals surface area contributed by atoms with Crippen LogP contribution in [0.3, 0.4) is 0 Å². The minimum atomic E-state index is -2.89. The lowest BCUT2D eigenvalue weighted by molar-refractivity contribution is 0.244. The summed E-state index contributed by atoms with van der Waals surface area (Å²) in [6.07, 6.45) is 6.84. The number of sulfone groups is 1. The molecule has 3 atom stereocenters. The summed E-state index contributed by atoms with van der Waals surface area (Å²) in [6, 6.07) is 0.325. The Morgan fingerprint density at radius 1 is 1.39 bits per heavy atom. The van der Waals surface area contributed by atoms with E-state index < -0.39 is 9.84 Å². The topological polar surface area (TPSA) is 66.4 Å². The minimum Gasteiger partial charge on any atom is -0.396 e. The van der Waals surface area contributed by atoms with Gasteiger partial charge in [-0.1, -0.05) is 19.8 Å². The predicted molar refractivity (Wildman–Crippen MR) is 74.4 cm³/mol. The van der Waals surface area contributed by atoms with E-state index in [0.29, 0.717) is 12.0 Å². The third-order valence-electron chi connectivity index (χ3n) is 4.04. The molecule has 1 aliphatic carbocycles. The Morgan fingerprint density at radius 2 is 2.11 bits per heavy atom. The van der Waals surface area contributed by atoms with Crippen LogP contribution in [-0.2, 0) is 9.84 Å². The second-order valence-corrected chi connectivity index (χ2v) is 7.84. The molecule has 0 aromatic carbocycles. The molecule has 1 aliphatic rings. The lowest BCUT2D eigenvalue weighted by Gasteiger charge is -2.30. The van der Waals surface area contributed by atoms with Gasteiger partial charge in [-0.25, -0.2) is 8.42 Å². The molecule has 0 heterocycles. The van der Waals surface area contributed by atoms with E-state index in [-0.39, 0.29) is 11.9 Å². The maximum absolute atomic E-state index is 11.6. The largest absolute Gasteiger partial charge is 0.396 e. The van der Waals surface area contributed by atoms with E-state index in [9.17, 15) is 8.42 Å². The number of aliphatic hydroxyl groups is 1. The molecule has 0 aliphatic heterocycles. The summed E-state index contributed by atoms with van der Waals surface area (Å²) in [5, 5.41) is 12.3. The third-order valence-corrected chi connectivity index (χ3v) is 5.68. The summed E-state index contributed by atoms with van der Waals surface area (Å²) < 4.78 is 23.1. The van der Waals surface area contributed by atoms with Crippen LogP contribution >= 0.6 is 0 Å². The molecule has 3 unspecified atom stereocenters. The lowest BCUT2D eigenvalue weighted by atomic mass is 9.94. The van der Waals surface area contributed by atoms with E-state index in [1.165, 1.54) is 6.26 Å². The van der Waals surface area contributed by atoms with Gasteiger partial charge >= 0.3 is 0 Å². The van der Waals surface area contributed by atoms with Crippen molar-refractivity contribution in [1.29, 1.82) is 0 Å². The molecule has 1 saturated carbocycles. The smallest absolute Gasteiger partial charge is 0.150 e. The zero-order valence-electron chi connectivity index (χ0n) is 11.6. The second kappa shape index (κ2) is 7.46. The summed E-state index contributed by atoms with van der Waals surface area (Å²) in [5.74, 6) is 0.494. The normalized spacial score (nSPS) is 27.1. The summed E-state index contributed by atoms with van der Waals surface area (Å²) in [7, 11) is -2.89. The van der Waals surface area contributed by atoms with Gasteiger partial charge in [-0.3, -0.25) is 0 Å². The molecule has 0 aromatic heterocycles. The first-order valence-electron chi connectivity index (χ1n) is 7.00. The second-order valence-electron chi connectivity index (χ2n) is 5.51. The fourth-order valence-electron chi connectivity index (χ4n) is 2.69. The van der Waals surface area contributed by atoms with Crippen molar-refractivity contribution in [2.45, 2.75) is 56.7 Å². The highest BCUT2D eigenvalue weighted by Crippen LogP contribution is 2.24. The first-order valence-corrected chi connectivity index (χ1v) is 8.96. The average molecular weight is 277 g/mol. The van der Waals surface area contributed by atoms with Crippen LogP contribution in [0.4, 0.5) is 0 Å². The van der Waals surface area contributed by atoms with Crippen molar-refractivity contribution in [2.24, 2.45) is 5.92 Å². The van der Waals surface area contributed by atoms with E-state index in [2.05, 4.69) is 12.2 Å². The van der Waals surface area contributed by atoms with Crippen molar-refractivity contribution >= 4 is 9.84 Å². The summed E-state index contributed by atoms with van der Waals surface area (Å²) >= 11 is 0. The predicted octanol–water partition coefficient (Wildman–Crippen LogP) is 1.34. The van der Waals surface area contributed by atoms with E-state index in [1.807, 2.05) is 0 Å². The highest BCUT2D eigenvalue weighted by molar-refractivity contribution is 7.91. The minimum absolute atomic E-state index is 0.165. The summed E-state index contributed by atoms with van der Waals surface area (Å²) in [4.78, 5) is 0. The van der Waals surface area contributed by atoms with Crippen LogP contribution in [0.5, 0.6) is 0 Å². The Bertz CT molecular complexity index is 329. The van der Waals surface area contributed by atoms with Gasteiger partial charge in [0.1, 0.15) is 9.84 Å². The maximum atomic E-state index is 11.6. The number of hydrogen-bond donors (Lipinski definition) is 2. The van der Waals surface area contributed by atoms with Gasteiger partial charge in [0.25, 0.3) is 0 Å². The van der Waals surface area contributed by atoms with Crippen LogP contribution in [0.1, 0.15) is 45.4 Å². The van der Waals surface area contributed by atoms with Crippen LogP contribution in [0.25, 0.3) is 0 Å². The van der Waals surface area contributed by atoms with Crippen LogP contribution in [0.2, 0.25) is 0 Å². The Hall–Kier alpha value is -0.130. The highest BCUT2D eigenvalue weighted by atomic mass is 32.2. The first kappa shape index (κ1) is 15.9. The molecular formula is C13H27NO3S. The van der Waals surface area contributed by atoms with Gasteiger partial charge in [0.05, 0.1) is 5.25 Å². The molecule has 5 heteroatoms. The van der Waals surface area contributed by atoms with Crippen molar-refractivity contribution in [2.75, 3.05) is 19.4 Å². The van der Waals surface area contributed by atoms with Crippen molar-refractivity contribution in [3.8, 4) is 0 Å². The van der Waals surface area contributed by atoms with Gasteiger partial charge in [0, 0.05) is 18.9 Å². The van der Waals surface area contributed by atoms with Gasteiger partial charge < -0.3 is 10.4 Å². The molecule has 108 valence electrons. The van der Waals surface area contributed by atoms with E-state index in [1.54, 1.807) is 0 Å². The van der Waals surface area contributed by atoms with Crippen molar-refractivity contribution in [3.63, 3.8) is 0 Å². The number of rotatable bonds is 7. The fraction of sp³-hybridized carbons (Fsp3) is 1.00. The first-order chi connectivity index (χ1) is 8.47. The molecule has 1 rings (SSSR count). The number of aliphatic hydroxyl groups excluding tert-OH is 1. The van der Waals surface area contributed by atoms with Crippen LogP contribution in [-0.4, -0.2) is 44.2 Å². The fourth-order valence-corrected chi connectivity index (χ4v) is 3.86. The number of hydrogen-bond acceptors (Lipinski definition) is 4. The molecule has 0 radical (unpaired) electrons. The summed E-state index contributed by atoms with van der Waals surface area (Å²) in [6.45, 7) is 3.25. The van der Waals surface area contributed by atoms with E-state index >= 15 is 0 Å². The summed E-state index contributed by atoms with van der Waals surface area (Å²) in [5.41, 5.74) is 0. The van der Waals surface area contributed by atoms with Crippen molar-refractivity contribution < 1.29 is 13.5 Å². The standard InChI is InChI=1S/C13H27NO3S/c1-3-11(7-8-15)10-14-12-5-4-6-13(9-12)18(2,16)17/h11-15H,3-10H2,1-2H3. The highest BCUT2D eigenvalue weighted by Gasteiger charge is 2.28. The van der Waals surface area contributed by atoms with Gasteiger partial charge in [0.15, 0.2) is 0 Å². The zero-order valence-corrected chi connectivity index (χ0v) is 12.4. The van der Waals surface area contributed by atoms with Crippen LogP contribution in [0, 0.1) is 5.92 Å². The van der Waals surface area contributed by atoms with Gasteiger partial charge in [-0.15, -0.1) is 0 Å². The van der Waals surface area contributed by atoms with Gasteiger partial charge in [-0.05, 0) is 38.1 Å². The quantitative estimate of drug-likeness (QED) is 0.737. The third kappa shape index (κ3) is 5.24. The van der Waals surface area contributed by atoms with Crippen molar-refractivity contribution in [3.05, 3.63) is 0 Å². The average Bonchev–Trinajstić information content (AvgIpc) is 2.34. The molecule has 0 amide bonds. The Kier molecular flexibility index (Phi) is 6.60. The van der Waals surface area contributed by atoms with Gasteiger partial charge in [-0.2, -0.15) is 0 Å². The Morgan fingerprint density at radius 3 is 2.67 bits per heavy atom. The monoisotopic (exact) mass is 277 g/mol. The van der Waals surface area contributed by atoms with E-state index in [4.69, 9.17) is 5.11 Å². The van der Waals surface area contributed by atoms with Crippen molar-refractivity contribution in [1.82, 2.24) is 5.32 Å². The molecule has 1 fully saturated rings. The molecule has 4 nitrogen and oxygen atoms in total. The van der Waals surface area contributed by atoms with E-state index in [0.717, 1.165) is 45.1 Å². The lowest BCUT2D eigenvalue weighted by Crippen LogP contribution is -2.40. The molecule has 18 heavy (non-hydrogen) atoms. The molecule has 0 saturated heterocycles. The maximum Gasteiger partial charge on any atom is 0.150 e. The van der Waals surface area contributed by atoms with Gasteiger partial charge in [0.2, 0.25) is 0 Å². The molecule has 0 spiro atoms. The zero-order chi connectivity index (χ0) is 13.6. The van der Waals surface area contributed by atoms with Crippen LogP contribution in [0.15, 0.2) is 0 Å². The molecule has 0 bridgehead atoms. The Balaban J connectivity index is 2.38.